The van der Waals surface area contributed by atoms with E-state index >= 15 is 0 Å². The molecule has 17 heavy (non-hydrogen) atoms. The SMILES string of the molecule is C#C[C@H]1CNC(C)CN1Cc1ccc(F)cc1. The van der Waals surface area contributed by atoms with Gasteiger partial charge in [0, 0.05) is 25.7 Å². The Balaban J connectivity index is 2.05. The molecule has 1 unspecified atom stereocenters. The lowest BCUT2D eigenvalue weighted by Gasteiger charge is -2.36. The summed E-state index contributed by atoms with van der Waals surface area (Å²) in [5.74, 6) is 2.60. The van der Waals surface area contributed by atoms with Crippen molar-refractivity contribution in [1.82, 2.24) is 10.2 Å². The number of terminal acetylenes is 1. The van der Waals surface area contributed by atoms with Gasteiger partial charge in [0.05, 0.1) is 6.04 Å². The molecule has 0 radical (unpaired) electrons. The Morgan fingerprint density at radius 1 is 1.47 bits per heavy atom. The number of hydrogen-bond donors (Lipinski definition) is 1. The van der Waals surface area contributed by atoms with Gasteiger partial charge in [-0.3, -0.25) is 4.90 Å². The fourth-order valence-electron chi connectivity index (χ4n) is 2.15. The molecule has 1 aromatic rings. The molecule has 1 N–H and O–H groups in total. The first kappa shape index (κ1) is 12.1. The highest BCUT2D eigenvalue weighted by atomic mass is 19.1. The number of halogens is 1. The third-order valence-electron chi connectivity index (χ3n) is 3.10. The molecule has 0 bridgehead atoms. The van der Waals surface area contributed by atoms with Crippen LogP contribution in [-0.4, -0.2) is 30.1 Å². The van der Waals surface area contributed by atoms with Crippen LogP contribution in [0.1, 0.15) is 12.5 Å². The Kier molecular flexibility index (Phi) is 3.78. The van der Waals surface area contributed by atoms with Crippen LogP contribution < -0.4 is 5.32 Å². The number of rotatable bonds is 2. The second-order valence-electron chi connectivity index (χ2n) is 4.55. The van der Waals surface area contributed by atoms with Gasteiger partial charge in [0.1, 0.15) is 5.82 Å². The third kappa shape index (κ3) is 3.06. The van der Waals surface area contributed by atoms with Crippen molar-refractivity contribution in [3.8, 4) is 12.3 Å². The van der Waals surface area contributed by atoms with E-state index in [2.05, 4.69) is 23.1 Å². The molecular weight excluding hydrogens is 215 g/mol. The molecule has 1 aromatic carbocycles. The first-order valence-corrected chi connectivity index (χ1v) is 5.87. The molecule has 0 aromatic heterocycles. The zero-order valence-electron chi connectivity index (χ0n) is 9.99. The molecule has 2 nitrogen and oxygen atoms in total. The summed E-state index contributed by atoms with van der Waals surface area (Å²) in [5, 5.41) is 3.36. The van der Waals surface area contributed by atoms with Gasteiger partial charge in [0.2, 0.25) is 0 Å². The molecule has 2 rings (SSSR count). The molecule has 1 fully saturated rings. The van der Waals surface area contributed by atoms with E-state index in [0.717, 1.165) is 25.2 Å². The van der Waals surface area contributed by atoms with Crippen LogP contribution in [0, 0.1) is 18.2 Å². The molecule has 1 aliphatic heterocycles. The first-order chi connectivity index (χ1) is 8.19. The van der Waals surface area contributed by atoms with Crippen molar-refractivity contribution in [2.24, 2.45) is 0 Å². The van der Waals surface area contributed by atoms with E-state index in [1.807, 2.05) is 12.1 Å². The Morgan fingerprint density at radius 2 is 2.18 bits per heavy atom. The monoisotopic (exact) mass is 232 g/mol. The molecule has 0 saturated carbocycles. The molecule has 3 heteroatoms. The summed E-state index contributed by atoms with van der Waals surface area (Å²) in [4.78, 5) is 2.26. The van der Waals surface area contributed by atoms with Crippen LogP contribution in [0.5, 0.6) is 0 Å². The zero-order chi connectivity index (χ0) is 12.3. The quantitative estimate of drug-likeness (QED) is 0.780. The Morgan fingerprint density at radius 3 is 2.82 bits per heavy atom. The number of piperazine rings is 1. The largest absolute Gasteiger partial charge is 0.310 e. The van der Waals surface area contributed by atoms with Crippen molar-refractivity contribution in [2.75, 3.05) is 13.1 Å². The van der Waals surface area contributed by atoms with Gasteiger partial charge in [-0.1, -0.05) is 18.1 Å². The van der Waals surface area contributed by atoms with Gasteiger partial charge in [0.15, 0.2) is 0 Å². The Hall–Kier alpha value is -1.37. The minimum Gasteiger partial charge on any atom is -0.310 e. The zero-order valence-corrected chi connectivity index (χ0v) is 9.99. The van der Waals surface area contributed by atoms with Gasteiger partial charge in [-0.15, -0.1) is 6.42 Å². The standard InChI is InChI=1S/C14H17FN2/c1-3-14-8-16-11(2)9-17(14)10-12-4-6-13(15)7-5-12/h1,4-7,11,14,16H,8-10H2,2H3/t11?,14-/m0/s1. The van der Waals surface area contributed by atoms with Crippen LogP contribution in [0.4, 0.5) is 4.39 Å². The highest BCUT2D eigenvalue weighted by Crippen LogP contribution is 2.12. The van der Waals surface area contributed by atoms with Crippen molar-refractivity contribution < 1.29 is 4.39 Å². The van der Waals surface area contributed by atoms with Gasteiger partial charge in [-0.25, -0.2) is 4.39 Å². The van der Waals surface area contributed by atoms with E-state index in [1.165, 1.54) is 12.1 Å². The van der Waals surface area contributed by atoms with Gasteiger partial charge in [-0.05, 0) is 24.6 Å². The maximum Gasteiger partial charge on any atom is 0.123 e. The van der Waals surface area contributed by atoms with Crippen LogP contribution in [0.15, 0.2) is 24.3 Å². The van der Waals surface area contributed by atoms with Crippen LogP contribution in [0.3, 0.4) is 0 Å². The van der Waals surface area contributed by atoms with Crippen LogP contribution in [-0.2, 0) is 6.54 Å². The summed E-state index contributed by atoms with van der Waals surface area (Å²) in [5.41, 5.74) is 1.10. The predicted molar refractivity (Wildman–Crippen MR) is 66.9 cm³/mol. The molecule has 1 aliphatic rings. The molecule has 1 heterocycles. The fraction of sp³-hybridized carbons (Fsp3) is 0.429. The average Bonchev–Trinajstić information content (AvgIpc) is 2.32. The first-order valence-electron chi connectivity index (χ1n) is 5.87. The minimum atomic E-state index is -0.198. The summed E-state index contributed by atoms with van der Waals surface area (Å²) in [6.07, 6.45) is 5.53. The molecule has 90 valence electrons. The lowest BCUT2D eigenvalue weighted by atomic mass is 10.1. The van der Waals surface area contributed by atoms with E-state index in [-0.39, 0.29) is 11.9 Å². The topological polar surface area (TPSA) is 15.3 Å². The Bertz CT molecular complexity index is 407. The van der Waals surface area contributed by atoms with Gasteiger partial charge >= 0.3 is 0 Å². The van der Waals surface area contributed by atoms with Gasteiger partial charge in [-0.2, -0.15) is 0 Å². The summed E-state index contributed by atoms with van der Waals surface area (Å²) >= 11 is 0. The summed E-state index contributed by atoms with van der Waals surface area (Å²) in [6.45, 7) is 4.66. The summed E-state index contributed by atoms with van der Waals surface area (Å²) < 4.78 is 12.8. The van der Waals surface area contributed by atoms with E-state index in [4.69, 9.17) is 6.42 Å². The highest BCUT2D eigenvalue weighted by Gasteiger charge is 2.23. The third-order valence-corrected chi connectivity index (χ3v) is 3.10. The molecule has 0 amide bonds. The second kappa shape index (κ2) is 5.31. The van der Waals surface area contributed by atoms with Crippen LogP contribution >= 0.6 is 0 Å². The molecule has 0 spiro atoms. The Labute approximate surface area is 102 Å². The normalized spacial score (nSPS) is 25.5. The number of nitrogens with one attached hydrogen (secondary N) is 1. The van der Waals surface area contributed by atoms with E-state index in [1.54, 1.807) is 0 Å². The van der Waals surface area contributed by atoms with E-state index in [9.17, 15) is 4.39 Å². The van der Waals surface area contributed by atoms with E-state index in [0.29, 0.717) is 6.04 Å². The lowest BCUT2D eigenvalue weighted by Crippen LogP contribution is -2.54. The van der Waals surface area contributed by atoms with Crippen molar-refractivity contribution in [3.05, 3.63) is 35.6 Å². The molecule has 1 saturated heterocycles. The smallest absolute Gasteiger partial charge is 0.123 e. The summed E-state index contributed by atoms with van der Waals surface area (Å²) in [7, 11) is 0. The minimum absolute atomic E-state index is 0.122. The average molecular weight is 232 g/mol. The number of nitrogens with zero attached hydrogens (tertiary/aromatic N) is 1. The van der Waals surface area contributed by atoms with Crippen molar-refractivity contribution in [1.29, 1.82) is 0 Å². The number of hydrogen-bond acceptors (Lipinski definition) is 2. The maximum atomic E-state index is 12.8. The second-order valence-corrected chi connectivity index (χ2v) is 4.55. The van der Waals surface area contributed by atoms with Crippen LogP contribution in [0.2, 0.25) is 0 Å². The van der Waals surface area contributed by atoms with Gasteiger partial charge < -0.3 is 5.32 Å². The van der Waals surface area contributed by atoms with Gasteiger partial charge in [0.25, 0.3) is 0 Å². The summed E-state index contributed by atoms with van der Waals surface area (Å²) in [6, 6.07) is 7.18. The number of benzene rings is 1. The van der Waals surface area contributed by atoms with Crippen molar-refractivity contribution in [2.45, 2.75) is 25.6 Å². The molecule has 0 aliphatic carbocycles. The predicted octanol–water partition coefficient (Wildman–Crippen LogP) is 1.62. The highest BCUT2D eigenvalue weighted by molar-refractivity contribution is 5.17. The van der Waals surface area contributed by atoms with E-state index < -0.39 is 0 Å². The maximum absolute atomic E-state index is 12.8. The van der Waals surface area contributed by atoms with Crippen molar-refractivity contribution in [3.63, 3.8) is 0 Å². The van der Waals surface area contributed by atoms with Crippen LogP contribution in [0.25, 0.3) is 0 Å². The molecule has 2 atom stereocenters. The molecular formula is C14H17FN2. The fourth-order valence-corrected chi connectivity index (χ4v) is 2.15. The van der Waals surface area contributed by atoms with Crippen molar-refractivity contribution >= 4 is 0 Å². The lowest BCUT2D eigenvalue weighted by molar-refractivity contribution is 0.161.